The molecule has 0 saturated carbocycles. The molecule has 1 aromatic rings. The Labute approximate surface area is 93.0 Å². The van der Waals surface area contributed by atoms with Crippen LogP contribution in [-0.4, -0.2) is 34.7 Å². The summed E-state index contributed by atoms with van der Waals surface area (Å²) < 4.78 is 1.49. The van der Waals surface area contributed by atoms with Gasteiger partial charge in [-0.05, 0) is 6.92 Å². The van der Waals surface area contributed by atoms with Crippen molar-refractivity contribution in [2.45, 2.75) is 6.92 Å². The number of hydrogen-bond acceptors (Lipinski definition) is 4. The maximum Gasteiger partial charge on any atom is 0.314 e. The van der Waals surface area contributed by atoms with Crippen LogP contribution in [0.15, 0.2) is 6.07 Å². The Morgan fingerprint density at radius 2 is 2.19 bits per heavy atom. The van der Waals surface area contributed by atoms with E-state index in [1.807, 2.05) is 0 Å². The molecule has 0 aliphatic rings. The minimum absolute atomic E-state index is 0.274. The van der Waals surface area contributed by atoms with E-state index in [4.69, 9.17) is 5.73 Å². The first-order chi connectivity index (χ1) is 7.54. The van der Waals surface area contributed by atoms with Gasteiger partial charge in [-0.2, -0.15) is 5.10 Å². The molecule has 0 atom stereocenters. The molecule has 1 aromatic heterocycles. The lowest BCUT2D eigenvalue weighted by Gasteiger charge is -2.05. The zero-order chi connectivity index (χ0) is 12.1. The van der Waals surface area contributed by atoms with Crippen LogP contribution < -0.4 is 16.4 Å². The number of hydrogen-bond donors (Lipinski definition) is 3. The lowest BCUT2D eigenvalue weighted by atomic mass is 10.4. The highest BCUT2D eigenvalue weighted by atomic mass is 16.2. The standard InChI is InChI=1S/C9H15N5O2/c1-6-5-7(14(2)13-6)12-9(16)8(15)11-4-3-10/h5H,3-4,10H2,1-2H3,(H,11,15)(H,12,16). The van der Waals surface area contributed by atoms with E-state index in [9.17, 15) is 9.59 Å². The first kappa shape index (κ1) is 12.2. The van der Waals surface area contributed by atoms with Gasteiger partial charge in [-0.15, -0.1) is 0 Å². The van der Waals surface area contributed by atoms with Gasteiger partial charge in [-0.25, -0.2) is 0 Å². The smallest absolute Gasteiger partial charge is 0.314 e. The molecule has 1 heterocycles. The number of nitrogens with two attached hydrogens (primary N) is 1. The molecular weight excluding hydrogens is 210 g/mol. The van der Waals surface area contributed by atoms with Crippen molar-refractivity contribution in [3.05, 3.63) is 11.8 Å². The number of rotatable bonds is 3. The molecule has 1 rings (SSSR count). The first-order valence-electron chi connectivity index (χ1n) is 4.84. The number of carbonyl (C=O) groups excluding carboxylic acids is 2. The highest BCUT2D eigenvalue weighted by Crippen LogP contribution is 2.07. The Kier molecular flexibility index (Phi) is 4.01. The molecule has 0 aliphatic carbocycles. The molecule has 0 saturated heterocycles. The van der Waals surface area contributed by atoms with E-state index in [0.717, 1.165) is 5.69 Å². The largest absolute Gasteiger partial charge is 0.347 e. The second kappa shape index (κ2) is 5.26. The topological polar surface area (TPSA) is 102 Å². The van der Waals surface area contributed by atoms with E-state index >= 15 is 0 Å². The zero-order valence-corrected chi connectivity index (χ0v) is 9.28. The summed E-state index contributed by atoms with van der Waals surface area (Å²) >= 11 is 0. The molecule has 4 N–H and O–H groups in total. The van der Waals surface area contributed by atoms with Crippen molar-refractivity contribution in [2.24, 2.45) is 12.8 Å². The third kappa shape index (κ3) is 3.06. The Bertz CT molecular complexity index is 399. The van der Waals surface area contributed by atoms with Crippen LogP contribution in [0.2, 0.25) is 0 Å². The summed E-state index contributed by atoms with van der Waals surface area (Å²) in [5.74, 6) is -0.953. The SMILES string of the molecule is Cc1cc(NC(=O)C(=O)NCCN)n(C)n1. The quantitative estimate of drug-likeness (QED) is 0.559. The third-order valence-electron chi connectivity index (χ3n) is 1.88. The van der Waals surface area contributed by atoms with E-state index in [2.05, 4.69) is 15.7 Å². The van der Waals surface area contributed by atoms with Gasteiger partial charge in [0.1, 0.15) is 5.82 Å². The molecule has 7 heteroatoms. The Hall–Kier alpha value is -1.89. The average Bonchev–Trinajstić information content (AvgIpc) is 2.53. The highest BCUT2D eigenvalue weighted by molar-refractivity contribution is 6.39. The molecule has 7 nitrogen and oxygen atoms in total. The molecule has 88 valence electrons. The van der Waals surface area contributed by atoms with Crippen molar-refractivity contribution in [3.8, 4) is 0 Å². The summed E-state index contributed by atoms with van der Waals surface area (Å²) in [6.45, 7) is 2.37. The summed E-state index contributed by atoms with van der Waals surface area (Å²) in [4.78, 5) is 22.6. The van der Waals surface area contributed by atoms with E-state index in [1.165, 1.54) is 4.68 Å². The molecule has 0 aromatic carbocycles. The second-order valence-corrected chi connectivity index (χ2v) is 3.29. The van der Waals surface area contributed by atoms with Crippen LogP contribution in [-0.2, 0) is 16.6 Å². The summed E-state index contributed by atoms with van der Waals surface area (Å²) in [6.07, 6.45) is 0. The molecule has 2 amide bonds. The third-order valence-corrected chi connectivity index (χ3v) is 1.88. The molecule has 0 spiro atoms. The van der Waals surface area contributed by atoms with Crippen LogP contribution in [0.1, 0.15) is 5.69 Å². The van der Waals surface area contributed by atoms with Gasteiger partial charge >= 0.3 is 11.8 Å². The van der Waals surface area contributed by atoms with Crippen molar-refractivity contribution < 1.29 is 9.59 Å². The monoisotopic (exact) mass is 225 g/mol. The van der Waals surface area contributed by atoms with E-state index in [0.29, 0.717) is 12.4 Å². The maximum absolute atomic E-state index is 11.4. The molecule has 16 heavy (non-hydrogen) atoms. The summed E-state index contributed by atoms with van der Waals surface area (Å²) in [7, 11) is 1.68. The zero-order valence-electron chi connectivity index (χ0n) is 9.28. The lowest BCUT2D eigenvalue weighted by molar-refractivity contribution is -0.136. The minimum atomic E-state index is -0.726. The van der Waals surface area contributed by atoms with Gasteiger partial charge in [0.2, 0.25) is 0 Å². The second-order valence-electron chi connectivity index (χ2n) is 3.29. The lowest BCUT2D eigenvalue weighted by Crippen LogP contribution is -2.38. The number of nitrogens with one attached hydrogen (secondary N) is 2. The number of amides is 2. The molecular formula is C9H15N5O2. The Balaban J connectivity index is 2.57. The van der Waals surface area contributed by atoms with Crippen LogP contribution in [0.5, 0.6) is 0 Å². The van der Waals surface area contributed by atoms with Crippen LogP contribution in [0.25, 0.3) is 0 Å². The fraction of sp³-hybridized carbons (Fsp3) is 0.444. The number of anilines is 1. The number of nitrogens with zero attached hydrogens (tertiary/aromatic N) is 2. The predicted octanol–water partition coefficient (Wildman–Crippen LogP) is -1.26. The van der Waals surface area contributed by atoms with Gasteiger partial charge in [0.05, 0.1) is 5.69 Å². The fourth-order valence-corrected chi connectivity index (χ4v) is 1.17. The van der Waals surface area contributed by atoms with E-state index < -0.39 is 11.8 Å². The van der Waals surface area contributed by atoms with E-state index in [-0.39, 0.29) is 6.54 Å². The van der Waals surface area contributed by atoms with Gasteiger partial charge in [0, 0.05) is 26.2 Å². The maximum atomic E-state index is 11.4. The van der Waals surface area contributed by atoms with E-state index in [1.54, 1.807) is 20.0 Å². The fourth-order valence-electron chi connectivity index (χ4n) is 1.17. The first-order valence-corrected chi connectivity index (χ1v) is 4.84. The van der Waals surface area contributed by atoms with Crippen LogP contribution >= 0.6 is 0 Å². The normalized spacial score (nSPS) is 9.94. The number of aryl methyl sites for hydroxylation is 2. The average molecular weight is 225 g/mol. The van der Waals surface area contributed by atoms with Crippen LogP contribution in [0.3, 0.4) is 0 Å². The van der Waals surface area contributed by atoms with Crippen molar-refractivity contribution in [2.75, 3.05) is 18.4 Å². The Morgan fingerprint density at radius 1 is 1.50 bits per heavy atom. The van der Waals surface area contributed by atoms with Gasteiger partial charge in [-0.1, -0.05) is 0 Å². The highest BCUT2D eigenvalue weighted by Gasteiger charge is 2.14. The molecule has 0 radical (unpaired) electrons. The number of carbonyl (C=O) groups is 2. The van der Waals surface area contributed by atoms with Gasteiger partial charge in [0.15, 0.2) is 0 Å². The molecule has 0 fully saturated rings. The van der Waals surface area contributed by atoms with Crippen LogP contribution in [0, 0.1) is 6.92 Å². The van der Waals surface area contributed by atoms with Crippen molar-refractivity contribution in [3.63, 3.8) is 0 Å². The van der Waals surface area contributed by atoms with Gasteiger partial charge < -0.3 is 16.4 Å². The van der Waals surface area contributed by atoms with Crippen molar-refractivity contribution in [1.29, 1.82) is 0 Å². The molecule has 0 aliphatic heterocycles. The summed E-state index contributed by atoms with van der Waals surface area (Å²) in [5, 5.41) is 8.86. The summed E-state index contributed by atoms with van der Waals surface area (Å²) in [5.41, 5.74) is 5.96. The van der Waals surface area contributed by atoms with Gasteiger partial charge in [0.25, 0.3) is 0 Å². The number of aromatic nitrogens is 2. The van der Waals surface area contributed by atoms with Crippen molar-refractivity contribution >= 4 is 17.6 Å². The molecule has 0 unspecified atom stereocenters. The van der Waals surface area contributed by atoms with Crippen molar-refractivity contribution in [1.82, 2.24) is 15.1 Å². The van der Waals surface area contributed by atoms with Crippen LogP contribution in [0.4, 0.5) is 5.82 Å². The summed E-state index contributed by atoms with van der Waals surface area (Å²) in [6, 6.07) is 1.67. The van der Waals surface area contributed by atoms with Gasteiger partial charge in [-0.3, -0.25) is 14.3 Å². The predicted molar refractivity (Wildman–Crippen MR) is 58.6 cm³/mol. The minimum Gasteiger partial charge on any atom is -0.347 e. The Morgan fingerprint density at radius 3 is 2.69 bits per heavy atom. The molecule has 0 bridgehead atoms.